The SMILES string of the molecule is CSc1ccccc1Nc1cc(-c2cccc(OC(F)(F)F)c2)nc(NC2CC2)n1. The number of hydrogen-bond acceptors (Lipinski definition) is 6. The van der Waals surface area contributed by atoms with Crippen LogP contribution in [-0.4, -0.2) is 28.6 Å². The summed E-state index contributed by atoms with van der Waals surface area (Å²) < 4.78 is 41.8. The van der Waals surface area contributed by atoms with Crippen LogP contribution in [0.1, 0.15) is 12.8 Å². The monoisotopic (exact) mass is 432 g/mol. The molecule has 0 unspecified atom stereocenters. The van der Waals surface area contributed by atoms with Crippen LogP contribution in [0.5, 0.6) is 5.75 Å². The van der Waals surface area contributed by atoms with Crippen molar-refractivity contribution in [1.29, 1.82) is 0 Å². The Morgan fingerprint density at radius 1 is 1.03 bits per heavy atom. The summed E-state index contributed by atoms with van der Waals surface area (Å²) in [6.45, 7) is 0. The van der Waals surface area contributed by atoms with Crippen molar-refractivity contribution in [1.82, 2.24) is 9.97 Å². The number of rotatable bonds is 7. The van der Waals surface area contributed by atoms with Crippen LogP contribution in [0.15, 0.2) is 59.5 Å². The fourth-order valence-corrected chi connectivity index (χ4v) is 3.43. The standard InChI is InChI=1S/C21H19F3N4OS/c1-30-18-8-3-2-7-16(18)26-19-12-17(27-20(28-19)25-14-9-10-14)13-5-4-6-15(11-13)29-21(22,23)24/h2-8,11-12,14H,9-10H2,1H3,(H2,25,26,27,28). The van der Waals surface area contributed by atoms with Crippen LogP contribution < -0.4 is 15.4 Å². The second-order valence-corrected chi connectivity index (χ2v) is 7.63. The molecule has 1 aromatic heterocycles. The van der Waals surface area contributed by atoms with Crippen molar-refractivity contribution >= 4 is 29.2 Å². The second-order valence-electron chi connectivity index (χ2n) is 6.78. The Morgan fingerprint density at radius 3 is 2.57 bits per heavy atom. The second kappa shape index (κ2) is 8.43. The topological polar surface area (TPSA) is 59.1 Å². The molecule has 156 valence electrons. The Bertz CT molecular complexity index is 1040. The van der Waals surface area contributed by atoms with Crippen LogP contribution in [0.2, 0.25) is 0 Å². The summed E-state index contributed by atoms with van der Waals surface area (Å²) in [5.74, 6) is 0.686. The first-order valence-electron chi connectivity index (χ1n) is 9.31. The molecule has 0 amide bonds. The van der Waals surface area contributed by atoms with Gasteiger partial charge in [-0.1, -0.05) is 24.3 Å². The molecule has 30 heavy (non-hydrogen) atoms. The van der Waals surface area contributed by atoms with Crippen molar-refractivity contribution in [2.75, 3.05) is 16.9 Å². The zero-order chi connectivity index (χ0) is 21.1. The number of nitrogens with one attached hydrogen (secondary N) is 2. The van der Waals surface area contributed by atoms with Crippen LogP contribution in [0.4, 0.5) is 30.6 Å². The van der Waals surface area contributed by atoms with E-state index < -0.39 is 6.36 Å². The highest BCUT2D eigenvalue weighted by atomic mass is 32.2. The van der Waals surface area contributed by atoms with E-state index in [1.54, 1.807) is 23.9 Å². The van der Waals surface area contributed by atoms with Gasteiger partial charge in [-0.3, -0.25) is 0 Å². The third-order valence-electron chi connectivity index (χ3n) is 4.37. The number of nitrogens with zero attached hydrogens (tertiary/aromatic N) is 2. The zero-order valence-electron chi connectivity index (χ0n) is 16.0. The Morgan fingerprint density at radius 2 is 1.83 bits per heavy atom. The van der Waals surface area contributed by atoms with E-state index in [-0.39, 0.29) is 5.75 Å². The Balaban J connectivity index is 1.69. The predicted molar refractivity (Wildman–Crippen MR) is 112 cm³/mol. The van der Waals surface area contributed by atoms with E-state index in [0.29, 0.717) is 29.1 Å². The van der Waals surface area contributed by atoms with Gasteiger partial charge in [0.05, 0.1) is 11.4 Å². The number of hydrogen-bond donors (Lipinski definition) is 2. The van der Waals surface area contributed by atoms with Crippen LogP contribution in [0.3, 0.4) is 0 Å². The number of para-hydroxylation sites is 1. The molecule has 2 aromatic carbocycles. The number of benzene rings is 2. The molecule has 9 heteroatoms. The quantitative estimate of drug-likeness (QED) is 0.441. The highest BCUT2D eigenvalue weighted by Crippen LogP contribution is 2.32. The third-order valence-corrected chi connectivity index (χ3v) is 5.17. The van der Waals surface area contributed by atoms with Crippen LogP contribution in [-0.2, 0) is 0 Å². The minimum absolute atomic E-state index is 0.294. The average molecular weight is 432 g/mol. The molecule has 1 heterocycles. The first kappa shape index (κ1) is 20.3. The number of thioether (sulfide) groups is 1. The van der Waals surface area contributed by atoms with Gasteiger partial charge in [0, 0.05) is 22.6 Å². The molecule has 1 aliphatic carbocycles. The molecule has 1 fully saturated rings. The van der Waals surface area contributed by atoms with Crippen LogP contribution in [0, 0.1) is 0 Å². The summed E-state index contributed by atoms with van der Waals surface area (Å²) >= 11 is 1.60. The average Bonchev–Trinajstić information content (AvgIpc) is 3.51. The predicted octanol–water partition coefficient (Wildman–Crippen LogP) is 6.08. The van der Waals surface area contributed by atoms with Gasteiger partial charge in [-0.25, -0.2) is 4.98 Å². The lowest BCUT2D eigenvalue weighted by Crippen LogP contribution is -2.17. The molecule has 0 saturated heterocycles. The van der Waals surface area contributed by atoms with E-state index in [4.69, 9.17) is 0 Å². The van der Waals surface area contributed by atoms with Gasteiger partial charge in [0.1, 0.15) is 11.6 Å². The molecule has 1 aliphatic rings. The molecule has 4 rings (SSSR count). The molecule has 0 atom stereocenters. The molecule has 3 aromatic rings. The van der Waals surface area contributed by atoms with Crippen molar-refractivity contribution in [3.63, 3.8) is 0 Å². The molecule has 1 saturated carbocycles. The smallest absolute Gasteiger partial charge is 0.406 e. The van der Waals surface area contributed by atoms with E-state index in [0.717, 1.165) is 23.4 Å². The Labute approximate surface area is 176 Å². The maximum absolute atomic E-state index is 12.6. The van der Waals surface area contributed by atoms with Gasteiger partial charge in [0.2, 0.25) is 5.95 Å². The lowest BCUT2D eigenvalue weighted by atomic mass is 10.1. The van der Waals surface area contributed by atoms with E-state index in [1.807, 2.05) is 30.5 Å². The highest BCUT2D eigenvalue weighted by molar-refractivity contribution is 7.98. The van der Waals surface area contributed by atoms with Crippen molar-refractivity contribution in [3.8, 4) is 17.0 Å². The minimum atomic E-state index is -4.75. The van der Waals surface area contributed by atoms with Gasteiger partial charge in [-0.2, -0.15) is 4.98 Å². The van der Waals surface area contributed by atoms with Gasteiger partial charge in [-0.05, 0) is 43.4 Å². The summed E-state index contributed by atoms with van der Waals surface area (Å²) in [5, 5.41) is 6.55. The van der Waals surface area contributed by atoms with Crippen LogP contribution >= 0.6 is 11.8 Å². The molecule has 0 spiro atoms. The zero-order valence-corrected chi connectivity index (χ0v) is 16.8. The summed E-state index contributed by atoms with van der Waals surface area (Å²) in [5.41, 5.74) is 1.88. The lowest BCUT2D eigenvalue weighted by molar-refractivity contribution is -0.274. The maximum Gasteiger partial charge on any atom is 0.573 e. The first-order valence-corrected chi connectivity index (χ1v) is 10.5. The minimum Gasteiger partial charge on any atom is -0.406 e. The van der Waals surface area contributed by atoms with Crippen molar-refractivity contribution < 1.29 is 17.9 Å². The van der Waals surface area contributed by atoms with Gasteiger partial charge in [0.15, 0.2) is 0 Å². The Hall–Kier alpha value is -2.94. The molecule has 0 aliphatic heterocycles. The molecular formula is C21H19F3N4OS. The summed E-state index contributed by atoms with van der Waals surface area (Å²) in [6.07, 6.45) is -0.684. The van der Waals surface area contributed by atoms with Gasteiger partial charge >= 0.3 is 6.36 Å². The number of aromatic nitrogens is 2. The normalized spacial score (nSPS) is 13.7. The van der Waals surface area contributed by atoms with Gasteiger partial charge in [0.25, 0.3) is 0 Å². The fourth-order valence-electron chi connectivity index (χ4n) is 2.87. The maximum atomic E-state index is 12.6. The molecule has 0 bridgehead atoms. The van der Waals surface area contributed by atoms with E-state index in [9.17, 15) is 13.2 Å². The van der Waals surface area contributed by atoms with Gasteiger partial charge in [-0.15, -0.1) is 24.9 Å². The van der Waals surface area contributed by atoms with Crippen molar-refractivity contribution in [2.45, 2.75) is 30.1 Å². The van der Waals surface area contributed by atoms with E-state index >= 15 is 0 Å². The fraction of sp³-hybridized carbons (Fsp3) is 0.238. The number of ether oxygens (including phenoxy) is 1. The molecule has 5 nitrogen and oxygen atoms in total. The van der Waals surface area contributed by atoms with Crippen LogP contribution in [0.25, 0.3) is 11.3 Å². The van der Waals surface area contributed by atoms with Gasteiger partial charge < -0.3 is 15.4 Å². The van der Waals surface area contributed by atoms with E-state index in [2.05, 4.69) is 25.3 Å². The summed E-state index contributed by atoms with van der Waals surface area (Å²) in [4.78, 5) is 10.1. The number of anilines is 3. The number of alkyl halides is 3. The molecule has 2 N–H and O–H groups in total. The van der Waals surface area contributed by atoms with Crippen molar-refractivity contribution in [2.24, 2.45) is 0 Å². The number of halogens is 3. The molecular weight excluding hydrogens is 413 g/mol. The summed E-state index contributed by atoms with van der Waals surface area (Å²) in [6, 6.07) is 15.6. The first-order chi connectivity index (χ1) is 14.4. The summed E-state index contributed by atoms with van der Waals surface area (Å²) in [7, 11) is 0. The highest BCUT2D eigenvalue weighted by Gasteiger charge is 2.31. The third kappa shape index (κ3) is 5.35. The largest absolute Gasteiger partial charge is 0.573 e. The van der Waals surface area contributed by atoms with E-state index in [1.165, 1.54) is 18.2 Å². The van der Waals surface area contributed by atoms with Crippen molar-refractivity contribution in [3.05, 3.63) is 54.6 Å². The Kier molecular flexibility index (Phi) is 5.72. The lowest BCUT2D eigenvalue weighted by Gasteiger charge is -2.14. The molecule has 0 radical (unpaired) electrons.